The highest BCUT2D eigenvalue weighted by Gasteiger charge is 2.49. The third-order valence-electron chi connectivity index (χ3n) is 6.26. The standard InChI is InChI=1S/C21H25NO5S/c1-3-27-21(26)17-13-7-4-10(2)8-14(13)28-19(17)22-18(23)15-11-5-6-12(9-11)16(15)20(24)25/h5-6,10-12,15-16H,3-4,7-9H2,1-2H3,(H,22,23)(H,24,25)/p-1/t10-,11-,12-,15+,16+/m1/s1. The Kier molecular flexibility index (Phi) is 5.04. The molecular weight excluding hydrogens is 378 g/mol. The smallest absolute Gasteiger partial charge is 0.341 e. The first-order valence-corrected chi connectivity index (χ1v) is 10.7. The average molecular weight is 402 g/mol. The Labute approximate surface area is 168 Å². The molecular formula is C21H24NO5S-. The summed E-state index contributed by atoms with van der Waals surface area (Å²) >= 11 is 1.42. The van der Waals surface area contributed by atoms with Crippen LogP contribution in [-0.2, 0) is 27.2 Å². The van der Waals surface area contributed by atoms with E-state index in [1.807, 2.05) is 12.2 Å². The monoisotopic (exact) mass is 402 g/mol. The van der Waals surface area contributed by atoms with Crippen LogP contribution in [0.5, 0.6) is 0 Å². The van der Waals surface area contributed by atoms with Gasteiger partial charge in [0.25, 0.3) is 0 Å². The number of hydrogen-bond donors (Lipinski definition) is 1. The first kappa shape index (κ1) is 19.2. The van der Waals surface area contributed by atoms with Crippen LogP contribution in [0.2, 0.25) is 0 Å². The first-order chi connectivity index (χ1) is 13.4. The van der Waals surface area contributed by atoms with Gasteiger partial charge < -0.3 is 20.0 Å². The van der Waals surface area contributed by atoms with Gasteiger partial charge in [-0.3, -0.25) is 4.79 Å². The molecule has 2 bridgehead atoms. The van der Waals surface area contributed by atoms with Crippen LogP contribution < -0.4 is 10.4 Å². The second kappa shape index (κ2) is 7.35. The van der Waals surface area contributed by atoms with Gasteiger partial charge in [-0.1, -0.05) is 19.1 Å². The lowest BCUT2D eigenvalue weighted by molar-refractivity contribution is -0.313. The number of carboxylic acids is 1. The number of aliphatic carboxylic acids is 1. The van der Waals surface area contributed by atoms with Crippen LogP contribution in [0.4, 0.5) is 5.00 Å². The van der Waals surface area contributed by atoms with Gasteiger partial charge in [-0.2, -0.15) is 0 Å². The Bertz CT molecular complexity index is 857. The van der Waals surface area contributed by atoms with Crippen LogP contribution >= 0.6 is 11.3 Å². The van der Waals surface area contributed by atoms with Gasteiger partial charge >= 0.3 is 5.97 Å². The predicted molar refractivity (Wildman–Crippen MR) is 103 cm³/mol. The van der Waals surface area contributed by atoms with Crippen molar-refractivity contribution in [2.45, 2.75) is 39.5 Å². The fourth-order valence-electron chi connectivity index (χ4n) is 4.95. The summed E-state index contributed by atoms with van der Waals surface area (Å²) in [5, 5.41) is 15.0. The SMILES string of the molecule is CCOC(=O)c1c(NC(=O)[C@@H]2[C@@H](C(=O)[O-])[C@@H]3C=C[C@@H]2C3)sc2c1CC[C@@H](C)C2. The normalized spacial score (nSPS) is 30.1. The molecule has 0 aromatic carbocycles. The summed E-state index contributed by atoms with van der Waals surface area (Å²) in [5.41, 5.74) is 1.42. The number of fused-ring (bicyclic) bond motifs is 3. The number of carbonyl (C=O) groups excluding carboxylic acids is 3. The summed E-state index contributed by atoms with van der Waals surface area (Å²) in [6.07, 6.45) is 7.13. The van der Waals surface area contributed by atoms with E-state index in [1.54, 1.807) is 6.92 Å². The molecule has 0 unspecified atom stereocenters. The van der Waals surface area contributed by atoms with Gasteiger partial charge in [-0.15, -0.1) is 11.3 Å². The van der Waals surface area contributed by atoms with Gasteiger partial charge in [-0.25, -0.2) is 4.79 Å². The number of esters is 1. The van der Waals surface area contributed by atoms with Crippen molar-refractivity contribution in [3.05, 3.63) is 28.2 Å². The molecule has 150 valence electrons. The quantitative estimate of drug-likeness (QED) is 0.602. The number of amides is 1. The van der Waals surface area contributed by atoms with Crippen LogP contribution in [0.1, 0.15) is 47.5 Å². The molecule has 1 saturated carbocycles. The fraction of sp³-hybridized carbons (Fsp3) is 0.571. The van der Waals surface area contributed by atoms with Gasteiger partial charge in [0.05, 0.1) is 18.1 Å². The zero-order valence-corrected chi connectivity index (χ0v) is 16.8. The predicted octanol–water partition coefficient (Wildman–Crippen LogP) is 2.18. The maximum atomic E-state index is 13.0. The molecule has 0 radical (unpaired) electrons. The molecule has 1 amide bonds. The molecule has 28 heavy (non-hydrogen) atoms. The topological polar surface area (TPSA) is 95.5 Å². The van der Waals surface area contributed by atoms with E-state index in [9.17, 15) is 19.5 Å². The molecule has 3 aliphatic rings. The minimum Gasteiger partial charge on any atom is -0.550 e. The summed E-state index contributed by atoms with van der Waals surface area (Å²) in [5.74, 6) is -3.12. The summed E-state index contributed by atoms with van der Waals surface area (Å²) in [7, 11) is 0. The van der Waals surface area contributed by atoms with Crippen molar-refractivity contribution in [2.24, 2.45) is 29.6 Å². The Morgan fingerprint density at radius 2 is 1.96 bits per heavy atom. The summed E-state index contributed by atoms with van der Waals surface area (Å²) in [6.45, 7) is 4.19. The molecule has 0 aliphatic heterocycles. The Morgan fingerprint density at radius 3 is 2.64 bits per heavy atom. The van der Waals surface area contributed by atoms with Crippen molar-refractivity contribution in [2.75, 3.05) is 11.9 Å². The maximum Gasteiger partial charge on any atom is 0.341 e. The van der Waals surface area contributed by atoms with Crippen molar-refractivity contribution >= 4 is 34.2 Å². The third-order valence-corrected chi connectivity index (χ3v) is 7.43. The maximum absolute atomic E-state index is 13.0. The van der Waals surface area contributed by atoms with Gasteiger partial charge in [0, 0.05) is 16.8 Å². The Balaban J connectivity index is 1.64. The van der Waals surface area contributed by atoms with Crippen LogP contribution in [-0.4, -0.2) is 24.5 Å². The van der Waals surface area contributed by atoms with E-state index in [2.05, 4.69) is 12.2 Å². The van der Waals surface area contributed by atoms with E-state index >= 15 is 0 Å². The number of anilines is 1. The number of thiophene rings is 1. The second-order valence-electron chi connectivity index (χ2n) is 8.08. The average Bonchev–Trinajstić information content (AvgIpc) is 3.33. The molecule has 4 rings (SSSR count). The number of ether oxygens (including phenoxy) is 1. The van der Waals surface area contributed by atoms with E-state index in [1.165, 1.54) is 11.3 Å². The number of rotatable bonds is 5. The summed E-state index contributed by atoms with van der Waals surface area (Å²) in [4.78, 5) is 38.4. The largest absolute Gasteiger partial charge is 0.550 e. The fourth-order valence-corrected chi connectivity index (χ4v) is 6.36. The number of allylic oxidation sites excluding steroid dienone is 2. The van der Waals surface area contributed by atoms with Crippen molar-refractivity contribution < 1.29 is 24.2 Å². The van der Waals surface area contributed by atoms with E-state index < -0.39 is 23.8 Å². The van der Waals surface area contributed by atoms with E-state index in [0.29, 0.717) is 22.9 Å². The van der Waals surface area contributed by atoms with Crippen LogP contribution in [0.25, 0.3) is 0 Å². The van der Waals surface area contributed by atoms with Crippen LogP contribution in [0, 0.1) is 29.6 Å². The molecule has 0 spiro atoms. The van der Waals surface area contributed by atoms with Crippen molar-refractivity contribution in [1.29, 1.82) is 0 Å². The van der Waals surface area contributed by atoms with E-state index in [-0.39, 0.29) is 24.3 Å². The molecule has 1 aromatic rings. The lowest BCUT2D eigenvalue weighted by Crippen LogP contribution is -2.42. The Hall–Kier alpha value is -2.15. The zero-order valence-electron chi connectivity index (χ0n) is 16.0. The third kappa shape index (κ3) is 3.15. The molecule has 6 nitrogen and oxygen atoms in total. The molecule has 5 atom stereocenters. The van der Waals surface area contributed by atoms with E-state index in [0.717, 1.165) is 29.7 Å². The van der Waals surface area contributed by atoms with Crippen molar-refractivity contribution in [3.63, 3.8) is 0 Å². The Morgan fingerprint density at radius 1 is 1.25 bits per heavy atom. The zero-order chi connectivity index (χ0) is 20.0. The van der Waals surface area contributed by atoms with Gasteiger partial charge in [0.1, 0.15) is 5.00 Å². The molecule has 7 heteroatoms. The second-order valence-corrected chi connectivity index (χ2v) is 9.19. The molecule has 1 fully saturated rings. The highest BCUT2D eigenvalue weighted by Crippen LogP contribution is 2.49. The lowest BCUT2D eigenvalue weighted by Gasteiger charge is -2.27. The summed E-state index contributed by atoms with van der Waals surface area (Å²) < 4.78 is 5.24. The lowest BCUT2D eigenvalue weighted by atomic mass is 9.82. The van der Waals surface area contributed by atoms with E-state index in [4.69, 9.17) is 4.74 Å². The number of carbonyl (C=O) groups is 3. The van der Waals surface area contributed by atoms with Crippen molar-refractivity contribution in [1.82, 2.24) is 0 Å². The first-order valence-electron chi connectivity index (χ1n) is 9.92. The van der Waals surface area contributed by atoms with Crippen LogP contribution in [0.3, 0.4) is 0 Å². The molecule has 1 aromatic heterocycles. The highest BCUT2D eigenvalue weighted by molar-refractivity contribution is 7.17. The number of carboxylic acid groups (broad SMARTS) is 1. The molecule has 0 saturated heterocycles. The molecule has 1 N–H and O–H groups in total. The molecule has 1 heterocycles. The highest BCUT2D eigenvalue weighted by atomic mass is 32.1. The molecule has 3 aliphatic carbocycles. The number of hydrogen-bond acceptors (Lipinski definition) is 6. The van der Waals surface area contributed by atoms with Gasteiger partial charge in [-0.05, 0) is 55.9 Å². The van der Waals surface area contributed by atoms with Gasteiger partial charge in [0.2, 0.25) is 5.91 Å². The van der Waals surface area contributed by atoms with Crippen molar-refractivity contribution in [3.8, 4) is 0 Å². The minimum atomic E-state index is -1.18. The van der Waals surface area contributed by atoms with Crippen LogP contribution in [0.15, 0.2) is 12.2 Å². The number of nitrogens with one attached hydrogen (secondary N) is 1. The minimum absolute atomic E-state index is 0.0893. The summed E-state index contributed by atoms with van der Waals surface area (Å²) in [6, 6.07) is 0. The van der Waals surface area contributed by atoms with Gasteiger partial charge in [0.15, 0.2) is 0 Å².